The first-order chi connectivity index (χ1) is 7.84. The molecule has 2 aromatic rings. The van der Waals surface area contributed by atoms with E-state index in [0.717, 1.165) is 6.42 Å². The summed E-state index contributed by atoms with van der Waals surface area (Å²) in [6, 6.07) is 17.2. The van der Waals surface area contributed by atoms with Crippen molar-refractivity contribution in [3.63, 3.8) is 0 Å². The molecule has 0 N–H and O–H groups in total. The van der Waals surface area contributed by atoms with Gasteiger partial charge in [-0.3, -0.25) is 0 Å². The van der Waals surface area contributed by atoms with Gasteiger partial charge in [0.05, 0.1) is 0 Å². The first kappa shape index (κ1) is 12.5. The Balaban J connectivity index is 0.00000108. The number of rotatable bonds is 1. The van der Waals surface area contributed by atoms with Crippen molar-refractivity contribution in [1.29, 1.82) is 0 Å². The third-order valence-corrected chi connectivity index (χ3v) is 3.14. The summed E-state index contributed by atoms with van der Waals surface area (Å²) in [6.45, 7) is 2.20. The molecule has 3 rings (SSSR count). The van der Waals surface area contributed by atoms with Crippen molar-refractivity contribution < 1.29 is 26.2 Å². The van der Waals surface area contributed by atoms with Gasteiger partial charge < -0.3 is 0 Å². The van der Waals surface area contributed by atoms with Crippen LogP contribution < -0.4 is 0 Å². The van der Waals surface area contributed by atoms with Gasteiger partial charge in [0.15, 0.2) is 0 Å². The van der Waals surface area contributed by atoms with Crippen LogP contribution in [0.25, 0.3) is 17.2 Å². The fourth-order valence-corrected chi connectivity index (χ4v) is 2.40. The predicted octanol–water partition coefficient (Wildman–Crippen LogP) is 4.31. The van der Waals surface area contributed by atoms with E-state index in [4.69, 9.17) is 0 Å². The van der Waals surface area contributed by atoms with Crippen molar-refractivity contribution >= 4 is 6.08 Å². The molecule has 0 saturated heterocycles. The first-order valence-corrected chi connectivity index (χ1v) is 5.69. The number of hydrogen-bond acceptors (Lipinski definition) is 0. The number of hydrogen-bond donors (Lipinski definition) is 0. The normalized spacial score (nSPS) is 12.6. The molecule has 0 radical (unpaired) electrons. The summed E-state index contributed by atoms with van der Waals surface area (Å²) < 4.78 is 0. The van der Waals surface area contributed by atoms with E-state index < -0.39 is 0 Å². The largest absolute Gasteiger partial charge is 0.0683 e. The van der Waals surface area contributed by atoms with Crippen LogP contribution in [0.2, 0.25) is 0 Å². The molecule has 0 bridgehead atoms. The third-order valence-electron chi connectivity index (χ3n) is 3.14. The van der Waals surface area contributed by atoms with E-state index in [-0.39, 0.29) is 26.2 Å². The van der Waals surface area contributed by atoms with Crippen LogP contribution in [-0.4, -0.2) is 0 Å². The molecule has 0 nitrogen and oxygen atoms in total. The van der Waals surface area contributed by atoms with Crippen LogP contribution in [0.4, 0.5) is 0 Å². The average Bonchev–Trinajstić information content (AvgIpc) is 2.70. The van der Waals surface area contributed by atoms with Gasteiger partial charge >= 0.3 is 0 Å². The average molecular weight is 298 g/mol. The van der Waals surface area contributed by atoms with Crippen molar-refractivity contribution in [3.05, 3.63) is 65.2 Å². The van der Waals surface area contributed by atoms with E-state index >= 15 is 0 Å². The molecule has 0 saturated carbocycles. The monoisotopic (exact) mass is 296 g/mol. The van der Waals surface area contributed by atoms with E-state index in [0.29, 0.717) is 0 Å². The minimum Gasteiger partial charge on any atom is -0.0683 e. The van der Waals surface area contributed by atoms with Gasteiger partial charge in [-0.2, -0.15) is 0 Å². The number of allylic oxidation sites excluding steroid dienone is 1. The van der Waals surface area contributed by atoms with Crippen LogP contribution in [0, 0.1) is 0 Å². The van der Waals surface area contributed by atoms with Crippen molar-refractivity contribution in [3.8, 4) is 11.1 Å². The molecule has 0 atom stereocenters. The fourth-order valence-electron chi connectivity index (χ4n) is 2.40. The summed E-state index contributed by atoms with van der Waals surface area (Å²) in [6.07, 6.45) is 3.42. The van der Waals surface area contributed by atoms with Crippen molar-refractivity contribution in [2.75, 3.05) is 0 Å². The number of benzene rings is 2. The van der Waals surface area contributed by atoms with E-state index in [2.05, 4.69) is 61.5 Å². The van der Waals surface area contributed by atoms with Gasteiger partial charge in [0.2, 0.25) is 0 Å². The van der Waals surface area contributed by atoms with Crippen LogP contribution in [0.3, 0.4) is 0 Å². The molecule has 1 aliphatic carbocycles. The summed E-state index contributed by atoms with van der Waals surface area (Å²) in [5.41, 5.74) is 6.99. The first-order valence-electron chi connectivity index (χ1n) is 5.69. The van der Waals surface area contributed by atoms with E-state index in [1.54, 1.807) is 0 Å². The summed E-state index contributed by atoms with van der Waals surface area (Å²) in [5.74, 6) is 0. The molecule has 0 fully saturated rings. The van der Waals surface area contributed by atoms with E-state index in [1.165, 1.54) is 27.8 Å². The number of fused-ring (bicyclic) bond motifs is 1. The minimum absolute atomic E-state index is 0. The summed E-state index contributed by atoms with van der Waals surface area (Å²) >= 11 is 0. The van der Waals surface area contributed by atoms with Crippen LogP contribution in [0.15, 0.2) is 54.1 Å². The van der Waals surface area contributed by atoms with E-state index in [1.807, 2.05) is 0 Å². The smallest absolute Gasteiger partial charge is 0 e. The van der Waals surface area contributed by atoms with Crippen LogP contribution >= 0.6 is 0 Å². The standard InChI is InChI=1S/C16H14.Zr/c1-12-10-14-8-5-9-15(16(14)11-12)13-6-3-2-4-7-13;/h2-9,11H,10H2,1H3;. The maximum atomic E-state index is 2.32. The maximum Gasteiger partial charge on any atom is 0 e. The van der Waals surface area contributed by atoms with Gasteiger partial charge in [0.1, 0.15) is 0 Å². The summed E-state index contributed by atoms with van der Waals surface area (Å²) in [5, 5.41) is 0. The molecule has 82 valence electrons. The molecular formula is C16H14Zr. The maximum absolute atomic E-state index is 2.32. The second-order valence-corrected chi connectivity index (χ2v) is 4.41. The molecule has 2 aromatic carbocycles. The Morgan fingerprint density at radius 2 is 1.65 bits per heavy atom. The quantitative estimate of drug-likeness (QED) is 0.736. The second-order valence-electron chi connectivity index (χ2n) is 4.41. The van der Waals surface area contributed by atoms with Gasteiger partial charge in [-0.15, -0.1) is 0 Å². The molecule has 17 heavy (non-hydrogen) atoms. The Morgan fingerprint density at radius 3 is 2.41 bits per heavy atom. The zero-order valence-corrected chi connectivity index (χ0v) is 12.4. The van der Waals surface area contributed by atoms with Crippen LogP contribution in [0.1, 0.15) is 18.1 Å². The molecule has 0 aromatic heterocycles. The Kier molecular flexibility index (Phi) is 3.79. The molecule has 0 spiro atoms. The summed E-state index contributed by atoms with van der Waals surface area (Å²) in [4.78, 5) is 0. The molecule has 0 amide bonds. The molecular weight excluding hydrogens is 283 g/mol. The molecule has 1 aliphatic rings. The van der Waals surface area contributed by atoms with Gasteiger partial charge in [-0.1, -0.05) is 60.2 Å². The van der Waals surface area contributed by atoms with Gasteiger partial charge in [-0.25, -0.2) is 0 Å². The minimum atomic E-state index is 0. The zero-order chi connectivity index (χ0) is 11.0. The third kappa shape index (κ3) is 2.35. The van der Waals surface area contributed by atoms with Crippen molar-refractivity contribution in [2.45, 2.75) is 13.3 Å². The summed E-state index contributed by atoms with van der Waals surface area (Å²) in [7, 11) is 0. The Bertz CT molecular complexity index is 553. The van der Waals surface area contributed by atoms with Gasteiger partial charge in [0.25, 0.3) is 0 Å². The van der Waals surface area contributed by atoms with E-state index in [9.17, 15) is 0 Å². The van der Waals surface area contributed by atoms with Crippen molar-refractivity contribution in [2.24, 2.45) is 0 Å². The van der Waals surface area contributed by atoms with Crippen molar-refractivity contribution in [1.82, 2.24) is 0 Å². The van der Waals surface area contributed by atoms with Gasteiger partial charge in [-0.05, 0) is 35.6 Å². The Hall–Kier alpha value is -0.937. The van der Waals surface area contributed by atoms with Crippen LogP contribution in [-0.2, 0) is 32.6 Å². The van der Waals surface area contributed by atoms with Gasteiger partial charge in [0, 0.05) is 26.2 Å². The second kappa shape index (κ2) is 5.14. The Morgan fingerprint density at radius 1 is 0.882 bits per heavy atom. The zero-order valence-electron chi connectivity index (χ0n) is 9.90. The molecule has 0 heterocycles. The molecule has 1 heteroatoms. The fraction of sp³-hybridized carbons (Fsp3) is 0.125. The molecule has 0 unspecified atom stereocenters. The Labute approximate surface area is 122 Å². The SMILES string of the molecule is CC1=Cc2c(cccc2-c2ccccc2)C1.[Zr]. The predicted molar refractivity (Wildman–Crippen MR) is 69.2 cm³/mol. The topological polar surface area (TPSA) is 0 Å². The molecule has 0 aliphatic heterocycles. The van der Waals surface area contributed by atoms with Crippen LogP contribution in [0.5, 0.6) is 0 Å².